The number of benzene rings is 1. The van der Waals surface area contributed by atoms with E-state index in [-0.39, 0.29) is 12.2 Å². The summed E-state index contributed by atoms with van der Waals surface area (Å²) in [5.74, 6) is 0.497. The first-order valence-corrected chi connectivity index (χ1v) is 9.06. The third-order valence-corrected chi connectivity index (χ3v) is 4.68. The van der Waals surface area contributed by atoms with E-state index in [9.17, 15) is 9.90 Å². The summed E-state index contributed by atoms with van der Waals surface area (Å²) in [4.78, 5) is 21.8. The summed E-state index contributed by atoms with van der Waals surface area (Å²) in [5, 5.41) is 13.8. The molecule has 7 nitrogen and oxygen atoms in total. The molecule has 1 saturated heterocycles. The third-order valence-electron chi connectivity index (χ3n) is 4.68. The van der Waals surface area contributed by atoms with Crippen LogP contribution in [0.3, 0.4) is 0 Å². The Morgan fingerprint density at radius 2 is 1.96 bits per heavy atom. The molecule has 1 aliphatic heterocycles. The molecule has 3 heterocycles. The second-order valence-electron chi connectivity index (χ2n) is 6.48. The highest BCUT2D eigenvalue weighted by Crippen LogP contribution is 2.25. The molecule has 0 saturated carbocycles. The van der Waals surface area contributed by atoms with Gasteiger partial charge in [-0.05, 0) is 41.8 Å². The van der Waals surface area contributed by atoms with Gasteiger partial charge in [-0.2, -0.15) is 0 Å². The standard InChI is InChI=1S/C20H22N4O3/c25-10-6-16-13-14-5-7-21-20(26)18(14)19(23-16)22-15-1-3-17(4-2-15)24-8-11-27-12-9-24/h1-5,7,13,25H,6,8-12H2,(H,21,26)(H,22,23). The minimum atomic E-state index is -0.192. The van der Waals surface area contributed by atoms with Gasteiger partial charge in [0.25, 0.3) is 5.56 Å². The van der Waals surface area contributed by atoms with Crippen molar-refractivity contribution in [3.8, 4) is 0 Å². The van der Waals surface area contributed by atoms with Gasteiger partial charge in [-0.15, -0.1) is 0 Å². The molecule has 1 aliphatic rings. The van der Waals surface area contributed by atoms with Gasteiger partial charge in [0.15, 0.2) is 0 Å². The van der Waals surface area contributed by atoms with Crippen LogP contribution in [0.15, 0.2) is 47.4 Å². The molecule has 3 aromatic rings. The van der Waals surface area contributed by atoms with Gasteiger partial charge in [-0.3, -0.25) is 4.79 Å². The number of hydrogen-bond donors (Lipinski definition) is 3. The molecular formula is C20H22N4O3. The third kappa shape index (κ3) is 3.79. The maximum Gasteiger partial charge on any atom is 0.259 e. The molecule has 0 aliphatic carbocycles. The van der Waals surface area contributed by atoms with Crippen LogP contribution in [0.5, 0.6) is 0 Å². The zero-order valence-corrected chi connectivity index (χ0v) is 14.9. The van der Waals surface area contributed by atoms with Crippen LogP contribution >= 0.6 is 0 Å². The number of nitrogens with zero attached hydrogens (tertiary/aromatic N) is 2. The van der Waals surface area contributed by atoms with E-state index in [0.717, 1.165) is 48.8 Å². The quantitative estimate of drug-likeness (QED) is 0.640. The molecule has 0 spiro atoms. The predicted molar refractivity (Wildman–Crippen MR) is 106 cm³/mol. The maximum atomic E-state index is 12.3. The van der Waals surface area contributed by atoms with Crippen LogP contribution in [-0.2, 0) is 11.2 Å². The van der Waals surface area contributed by atoms with E-state index < -0.39 is 0 Å². The molecule has 0 unspecified atom stereocenters. The molecule has 0 amide bonds. The molecule has 1 aromatic carbocycles. The Morgan fingerprint density at radius 1 is 1.19 bits per heavy atom. The number of pyridine rings is 2. The van der Waals surface area contributed by atoms with E-state index in [0.29, 0.717) is 17.6 Å². The first kappa shape index (κ1) is 17.5. The number of anilines is 3. The number of morpholine rings is 1. The molecule has 1 fully saturated rings. The van der Waals surface area contributed by atoms with Gasteiger partial charge in [-0.25, -0.2) is 4.98 Å². The number of H-pyrrole nitrogens is 1. The van der Waals surface area contributed by atoms with Gasteiger partial charge in [-0.1, -0.05) is 0 Å². The summed E-state index contributed by atoms with van der Waals surface area (Å²) >= 11 is 0. The van der Waals surface area contributed by atoms with Crippen molar-refractivity contribution in [1.82, 2.24) is 9.97 Å². The predicted octanol–water partition coefficient (Wildman–Crippen LogP) is 2.04. The highest BCUT2D eigenvalue weighted by Gasteiger charge is 2.12. The second-order valence-corrected chi connectivity index (χ2v) is 6.48. The lowest BCUT2D eigenvalue weighted by Gasteiger charge is -2.28. The topological polar surface area (TPSA) is 90.5 Å². The first-order chi connectivity index (χ1) is 13.2. The van der Waals surface area contributed by atoms with Gasteiger partial charge in [0.2, 0.25) is 0 Å². The molecule has 3 N–H and O–H groups in total. The average molecular weight is 366 g/mol. The van der Waals surface area contributed by atoms with Crippen molar-refractivity contribution in [2.75, 3.05) is 43.1 Å². The van der Waals surface area contributed by atoms with Crippen LogP contribution in [0.4, 0.5) is 17.2 Å². The first-order valence-electron chi connectivity index (χ1n) is 9.06. The van der Waals surface area contributed by atoms with E-state index in [1.807, 2.05) is 24.3 Å². The molecule has 7 heteroatoms. The van der Waals surface area contributed by atoms with Crippen molar-refractivity contribution >= 4 is 28.0 Å². The monoisotopic (exact) mass is 366 g/mol. The molecule has 2 aromatic heterocycles. The van der Waals surface area contributed by atoms with Crippen LogP contribution in [0.2, 0.25) is 0 Å². The van der Waals surface area contributed by atoms with E-state index in [2.05, 4.69) is 32.3 Å². The van der Waals surface area contributed by atoms with Crippen molar-refractivity contribution in [1.29, 1.82) is 0 Å². The minimum absolute atomic E-state index is 0.00931. The van der Waals surface area contributed by atoms with Crippen molar-refractivity contribution in [2.45, 2.75) is 6.42 Å². The number of fused-ring (bicyclic) bond motifs is 1. The Morgan fingerprint density at radius 3 is 2.70 bits per heavy atom. The van der Waals surface area contributed by atoms with Crippen molar-refractivity contribution < 1.29 is 9.84 Å². The summed E-state index contributed by atoms with van der Waals surface area (Å²) < 4.78 is 5.39. The Kier molecular flexibility index (Phi) is 5.04. The number of aliphatic hydroxyl groups is 1. The highest BCUT2D eigenvalue weighted by molar-refractivity contribution is 5.92. The lowest BCUT2D eigenvalue weighted by Crippen LogP contribution is -2.36. The summed E-state index contributed by atoms with van der Waals surface area (Å²) in [5.41, 5.74) is 2.55. The Balaban J connectivity index is 1.65. The van der Waals surface area contributed by atoms with E-state index in [1.54, 1.807) is 6.20 Å². The van der Waals surface area contributed by atoms with Crippen LogP contribution in [0.25, 0.3) is 10.8 Å². The fraction of sp³-hybridized carbons (Fsp3) is 0.300. The molecular weight excluding hydrogens is 344 g/mol. The lowest BCUT2D eigenvalue weighted by molar-refractivity contribution is 0.122. The molecule has 0 atom stereocenters. The number of rotatable bonds is 5. The number of aromatic amines is 1. The molecule has 0 radical (unpaired) electrons. The van der Waals surface area contributed by atoms with Crippen molar-refractivity contribution in [2.24, 2.45) is 0 Å². The number of ether oxygens (including phenoxy) is 1. The van der Waals surface area contributed by atoms with Gasteiger partial charge in [0.1, 0.15) is 5.82 Å². The second kappa shape index (κ2) is 7.77. The summed E-state index contributed by atoms with van der Waals surface area (Å²) in [7, 11) is 0. The van der Waals surface area contributed by atoms with Crippen LogP contribution in [0, 0.1) is 0 Å². The average Bonchev–Trinajstić information content (AvgIpc) is 2.69. The Bertz CT molecular complexity index is 979. The van der Waals surface area contributed by atoms with E-state index >= 15 is 0 Å². The summed E-state index contributed by atoms with van der Waals surface area (Å²) in [6.07, 6.45) is 2.06. The van der Waals surface area contributed by atoms with Gasteiger partial charge >= 0.3 is 0 Å². The fourth-order valence-corrected chi connectivity index (χ4v) is 3.32. The van der Waals surface area contributed by atoms with Crippen LogP contribution in [0.1, 0.15) is 5.69 Å². The molecule has 27 heavy (non-hydrogen) atoms. The fourth-order valence-electron chi connectivity index (χ4n) is 3.32. The van der Waals surface area contributed by atoms with Crippen LogP contribution in [-0.4, -0.2) is 48.0 Å². The number of aromatic nitrogens is 2. The highest BCUT2D eigenvalue weighted by atomic mass is 16.5. The van der Waals surface area contributed by atoms with Crippen molar-refractivity contribution in [3.63, 3.8) is 0 Å². The zero-order chi connectivity index (χ0) is 18.6. The number of nitrogens with one attached hydrogen (secondary N) is 2. The van der Waals surface area contributed by atoms with Crippen molar-refractivity contribution in [3.05, 3.63) is 58.6 Å². The normalized spacial score (nSPS) is 14.5. The smallest absolute Gasteiger partial charge is 0.259 e. The van der Waals surface area contributed by atoms with Gasteiger partial charge in [0, 0.05) is 49.4 Å². The minimum Gasteiger partial charge on any atom is -0.396 e. The zero-order valence-electron chi connectivity index (χ0n) is 14.9. The molecule has 4 rings (SSSR count). The summed E-state index contributed by atoms with van der Waals surface area (Å²) in [6.45, 7) is 3.27. The lowest BCUT2D eigenvalue weighted by atomic mass is 10.1. The molecule has 0 bridgehead atoms. The number of hydrogen-bond acceptors (Lipinski definition) is 6. The SMILES string of the molecule is O=c1[nH]ccc2cc(CCO)nc(Nc3ccc(N4CCOCC4)cc3)c12. The Hall–Kier alpha value is -2.90. The Labute approximate surface area is 156 Å². The number of aliphatic hydroxyl groups excluding tert-OH is 1. The van der Waals surface area contributed by atoms with Crippen LogP contribution < -0.4 is 15.8 Å². The maximum absolute atomic E-state index is 12.3. The van der Waals surface area contributed by atoms with Gasteiger partial charge < -0.3 is 25.0 Å². The van der Waals surface area contributed by atoms with Gasteiger partial charge in [0.05, 0.1) is 18.6 Å². The summed E-state index contributed by atoms with van der Waals surface area (Å²) in [6, 6.07) is 11.7. The van der Waals surface area contributed by atoms with E-state index in [4.69, 9.17) is 4.74 Å². The largest absolute Gasteiger partial charge is 0.396 e. The molecule has 140 valence electrons. The van der Waals surface area contributed by atoms with E-state index in [1.165, 1.54) is 0 Å².